The first-order chi connectivity index (χ1) is 7.47. The maximum atomic E-state index is 10.1. The van der Waals surface area contributed by atoms with Crippen molar-refractivity contribution in [3.05, 3.63) is 0 Å². The molecule has 1 aliphatic rings. The molecular formula is C12H24O2S2. The molecule has 0 amide bonds. The summed E-state index contributed by atoms with van der Waals surface area (Å²) in [4.78, 5) is 0. The van der Waals surface area contributed by atoms with Gasteiger partial charge in [0.25, 0.3) is 0 Å². The molecule has 4 heteroatoms. The molecule has 1 rings (SSSR count). The molecule has 16 heavy (non-hydrogen) atoms. The standard InChI is InChI=1S/C12H24O2S2/c1-9(11-15-5-4-6-16-11)7-10(14)12(2,3)8-13/h9-11,13-14H,4-8H2,1-3H3/t9-,10-/m1/s1. The third-order valence-electron chi connectivity index (χ3n) is 3.22. The van der Waals surface area contributed by atoms with E-state index in [2.05, 4.69) is 6.92 Å². The Balaban J connectivity index is 2.40. The van der Waals surface area contributed by atoms with E-state index in [1.807, 2.05) is 37.4 Å². The quantitative estimate of drug-likeness (QED) is 0.801. The number of thioether (sulfide) groups is 2. The zero-order chi connectivity index (χ0) is 12.2. The summed E-state index contributed by atoms with van der Waals surface area (Å²) in [7, 11) is 0. The Bertz CT molecular complexity index is 203. The first kappa shape index (κ1) is 14.7. The van der Waals surface area contributed by atoms with Gasteiger partial charge in [-0.15, -0.1) is 23.5 Å². The molecular weight excluding hydrogens is 240 g/mol. The van der Waals surface area contributed by atoms with Gasteiger partial charge in [0.15, 0.2) is 0 Å². The highest BCUT2D eigenvalue weighted by molar-refractivity contribution is 8.17. The van der Waals surface area contributed by atoms with Crippen molar-refractivity contribution in [1.82, 2.24) is 0 Å². The van der Waals surface area contributed by atoms with Gasteiger partial charge in [0.2, 0.25) is 0 Å². The first-order valence-electron chi connectivity index (χ1n) is 5.99. The topological polar surface area (TPSA) is 40.5 Å². The molecule has 1 heterocycles. The van der Waals surface area contributed by atoms with Crippen molar-refractivity contribution in [3.63, 3.8) is 0 Å². The fourth-order valence-electron chi connectivity index (χ4n) is 1.72. The van der Waals surface area contributed by atoms with E-state index in [0.29, 0.717) is 10.5 Å². The highest BCUT2D eigenvalue weighted by Gasteiger charge is 2.31. The number of hydrogen-bond acceptors (Lipinski definition) is 4. The van der Waals surface area contributed by atoms with Crippen LogP contribution < -0.4 is 0 Å². The van der Waals surface area contributed by atoms with Crippen LogP contribution in [0, 0.1) is 11.3 Å². The minimum Gasteiger partial charge on any atom is -0.396 e. The molecule has 0 bridgehead atoms. The van der Waals surface area contributed by atoms with Gasteiger partial charge in [0, 0.05) is 5.41 Å². The van der Waals surface area contributed by atoms with Gasteiger partial charge < -0.3 is 10.2 Å². The fraction of sp³-hybridized carbons (Fsp3) is 1.00. The summed E-state index contributed by atoms with van der Waals surface area (Å²) in [5.74, 6) is 3.01. The van der Waals surface area contributed by atoms with Crippen LogP contribution in [0.1, 0.15) is 33.6 Å². The van der Waals surface area contributed by atoms with Gasteiger partial charge in [-0.05, 0) is 30.3 Å². The van der Waals surface area contributed by atoms with E-state index in [4.69, 9.17) is 0 Å². The summed E-state index contributed by atoms with van der Waals surface area (Å²) in [5.41, 5.74) is -0.377. The molecule has 96 valence electrons. The number of aliphatic hydroxyl groups excluding tert-OH is 2. The van der Waals surface area contributed by atoms with Gasteiger partial charge in [-0.25, -0.2) is 0 Å². The molecule has 0 unspecified atom stereocenters. The monoisotopic (exact) mass is 264 g/mol. The lowest BCUT2D eigenvalue weighted by molar-refractivity contribution is -0.00435. The molecule has 0 aromatic carbocycles. The van der Waals surface area contributed by atoms with Crippen molar-refractivity contribution in [2.45, 2.75) is 44.3 Å². The van der Waals surface area contributed by atoms with Gasteiger partial charge in [-0.3, -0.25) is 0 Å². The number of rotatable bonds is 5. The third kappa shape index (κ3) is 4.13. The van der Waals surface area contributed by atoms with Gasteiger partial charge in [0.05, 0.1) is 17.3 Å². The normalized spacial score (nSPS) is 23.1. The Kier molecular flexibility index (Phi) is 5.99. The summed E-state index contributed by atoms with van der Waals surface area (Å²) < 4.78 is 0.623. The molecule has 0 aliphatic carbocycles. The van der Waals surface area contributed by atoms with Gasteiger partial charge in [-0.2, -0.15) is 0 Å². The van der Waals surface area contributed by atoms with E-state index in [0.717, 1.165) is 6.42 Å². The summed E-state index contributed by atoms with van der Waals surface area (Å²) in [5, 5.41) is 19.3. The molecule has 2 nitrogen and oxygen atoms in total. The van der Waals surface area contributed by atoms with Crippen LogP contribution in [0.3, 0.4) is 0 Å². The van der Waals surface area contributed by atoms with Crippen LogP contribution in [-0.4, -0.2) is 39.0 Å². The van der Waals surface area contributed by atoms with Gasteiger partial charge in [0.1, 0.15) is 0 Å². The minimum absolute atomic E-state index is 0.0475. The van der Waals surface area contributed by atoms with Crippen molar-refractivity contribution < 1.29 is 10.2 Å². The third-order valence-corrected chi connectivity index (χ3v) is 6.67. The van der Waals surface area contributed by atoms with E-state index < -0.39 is 6.10 Å². The maximum absolute atomic E-state index is 10.1. The number of aliphatic hydroxyl groups is 2. The molecule has 0 aromatic heterocycles. The Morgan fingerprint density at radius 3 is 2.38 bits per heavy atom. The van der Waals surface area contributed by atoms with Crippen molar-refractivity contribution in [2.75, 3.05) is 18.1 Å². The van der Waals surface area contributed by atoms with Crippen LogP contribution in [0.15, 0.2) is 0 Å². The molecule has 2 N–H and O–H groups in total. The molecule has 0 saturated carbocycles. The summed E-state index contributed by atoms with van der Waals surface area (Å²) in [6, 6.07) is 0. The predicted octanol–water partition coefficient (Wildman–Crippen LogP) is 2.59. The van der Waals surface area contributed by atoms with Crippen LogP contribution in [0.5, 0.6) is 0 Å². The van der Waals surface area contributed by atoms with Gasteiger partial charge in [-0.1, -0.05) is 20.8 Å². The van der Waals surface area contributed by atoms with Crippen molar-refractivity contribution in [2.24, 2.45) is 11.3 Å². The molecule has 1 aliphatic heterocycles. The Hall–Kier alpha value is 0.620. The molecule has 2 atom stereocenters. The Labute approximate surface area is 108 Å². The number of hydrogen-bond donors (Lipinski definition) is 2. The second-order valence-electron chi connectivity index (χ2n) is 5.34. The van der Waals surface area contributed by atoms with Crippen LogP contribution in [0.4, 0.5) is 0 Å². The lowest BCUT2D eigenvalue weighted by atomic mass is 9.83. The van der Waals surface area contributed by atoms with E-state index in [-0.39, 0.29) is 12.0 Å². The van der Waals surface area contributed by atoms with E-state index >= 15 is 0 Å². The van der Waals surface area contributed by atoms with Crippen molar-refractivity contribution >= 4 is 23.5 Å². The molecule has 1 fully saturated rings. The van der Waals surface area contributed by atoms with Crippen LogP contribution in [-0.2, 0) is 0 Å². The van der Waals surface area contributed by atoms with Crippen LogP contribution >= 0.6 is 23.5 Å². The minimum atomic E-state index is -0.407. The van der Waals surface area contributed by atoms with E-state index in [9.17, 15) is 10.2 Å². The molecule has 0 spiro atoms. The Morgan fingerprint density at radius 1 is 1.31 bits per heavy atom. The second-order valence-corrected chi connectivity index (χ2v) is 8.14. The van der Waals surface area contributed by atoms with Crippen LogP contribution in [0.2, 0.25) is 0 Å². The zero-order valence-corrected chi connectivity index (χ0v) is 12.1. The molecule has 0 aromatic rings. The predicted molar refractivity (Wildman–Crippen MR) is 74.0 cm³/mol. The van der Waals surface area contributed by atoms with Crippen molar-refractivity contribution in [3.8, 4) is 0 Å². The van der Waals surface area contributed by atoms with Crippen molar-refractivity contribution in [1.29, 1.82) is 0 Å². The largest absolute Gasteiger partial charge is 0.396 e. The van der Waals surface area contributed by atoms with Crippen LogP contribution in [0.25, 0.3) is 0 Å². The molecule has 1 saturated heterocycles. The second kappa shape index (κ2) is 6.53. The SMILES string of the molecule is C[C@H](C[C@@H](O)C(C)(C)CO)C1SCCCS1. The Morgan fingerprint density at radius 2 is 1.88 bits per heavy atom. The average Bonchev–Trinajstić information content (AvgIpc) is 2.30. The summed E-state index contributed by atoms with van der Waals surface area (Å²) in [6.45, 7) is 6.11. The first-order valence-corrected chi connectivity index (χ1v) is 8.09. The smallest absolute Gasteiger partial charge is 0.0616 e. The maximum Gasteiger partial charge on any atom is 0.0616 e. The summed E-state index contributed by atoms with van der Waals surface area (Å²) in [6.07, 6.45) is 1.69. The lowest BCUT2D eigenvalue weighted by Crippen LogP contribution is -2.35. The zero-order valence-electron chi connectivity index (χ0n) is 10.5. The average molecular weight is 264 g/mol. The summed E-state index contributed by atoms with van der Waals surface area (Å²) >= 11 is 4.04. The highest BCUT2D eigenvalue weighted by atomic mass is 32.2. The van der Waals surface area contributed by atoms with Gasteiger partial charge >= 0.3 is 0 Å². The van der Waals surface area contributed by atoms with E-state index in [1.54, 1.807) is 0 Å². The molecule has 0 radical (unpaired) electrons. The fourth-order valence-corrected chi connectivity index (χ4v) is 4.83. The van der Waals surface area contributed by atoms with E-state index in [1.165, 1.54) is 17.9 Å². The highest BCUT2D eigenvalue weighted by Crippen LogP contribution is 2.39. The lowest BCUT2D eigenvalue weighted by Gasteiger charge is -2.33.